The van der Waals surface area contributed by atoms with E-state index < -0.39 is 23.8 Å². The van der Waals surface area contributed by atoms with Crippen LogP contribution in [0.2, 0.25) is 0 Å². The van der Waals surface area contributed by atoms with Gasteiger partial charge in [0.15, 0.2) is 0 Å². The number of aromatic nitrogens is 1. The minimum absolute atomic E-state index is 0.0966. The minimum atomic E-state index is -5.02. The summed E-state index contributed by atoms with van der Waals surface area (Å²) in [4.78, 5) is 14.0. The lowest BCUT2D eigenvalue weighted by molar-refractivity contribution is -0.276. The summed E-state index contributed by atoms with van der Waals surface area (Å²) in [5.41, 5.74) is 4.12. The molecule has 0 amide bonds. The van der Waals surface area contributed by atoms with Crippen molar-refractivity contribution in [2.75, 3.05) is 5.73 Å². The fraction of sp³-hybridized carbons (Fsp3) is 0.143. The standard InChI is InChI=1S/C7H4F3IN2O3/c8-7(9,10)16-5-4(6(14)15)2(12)1-3(11)13-5/h1H,(H2,12,13)(H,14,15). The summed E-state index contributed by atoms with van der Waals surface area (Å²) in [5.74, 6) is -2.70. The predicted octanol–water partition coefficient (Wildman–Crippen LogP) is 1.87. The Hall–Kier alpha value is -1.26. The van der Waals surface area contributed by atoms with Gasteiger partial charge in [-0.1, -0.05) is 0 Å². The van der Waals surface area contributed by atoms with Crippen LogP contribution in [0.4, 0.5) is 18.9 Å². The van der Waals surface area contributed by atoms with Crippen molar-refractivity contribution in [1.29, 1.82) is 0 Å². The van der Waals surface area contributed by atoms with Crippen LogP contribution in [0, 0.1) is 3.70 Å². The monoisotopic (exact) mass is 348 g/mol. The van der Waals surface area contributed by atoms with E-state index in [0.717, 1.165) is 6.07 Å². The van der Waals surface area contributed by atoms with Gasteiger partial charge in [-0.3, -0.25) is 0 Å². The van der Waals surface area contributed by atoms with Crippen molar-refractivity contribution in [3.63, 3.8) is 0 Å². The summed E-state index contributed by atoms with van der Waals surface area (Å²) in [5, 5.41) is 8.66. The van der Waals surface area contributed by atoms with Gasteiger partial charge < -0.3 is 15.6 Å². The summed E-state index contributed by atoms with van der Waals surface area (Å²) in [6.45, 7) is 0. The predicted molar refractivity (Wildman–Crippen MR) is 55.0 cm³/mol. The molecule has 1 aromatic heterocycles. The molecule has 0 atom stereocenters. The number of halogens is 4. The Morgan fingerprint density at radius 1 is 1.56 bits per heavy atom. The molecule has 1 heterocycles. The van der Waals surface area contributed by atoms with Gasteiger partial charge in [-0.2, -0.15) is 0 Å². The average Bonchev–Trinajstić information content (AvgIpc) is 1.96. The van der Waals surface area contributed by atoms with Crippen LogP contribution in [0.1, 0.15) is 10.4 Å². The third kappa shape index (κ3) is 3.12. The van der Waals surface area contributed by atoms with Crippen molar-refractivity contribution in [1.82, 2.24) is 4.98 Å². The number of nitrogens with zero attached hydrogens (tertiary/aromatic N) is 1. The molecule has 88 valence electrons. The molecule has 5 nitrogen and oxygen atoms in total. The van der Waals surface area contributed by atoms with E-state index in [2.05, 4.69) is 9.72 Å². The van der Waals surface area contributed by atoms with Gasteiger partial charge in [-0.15, -0.1) is 13.2 Å². The summed E-state index contributed by atoms with van der Waals surface area (Å²) in [6, 6.07) is 1.13. The molecule has 0 bridgehead atoms. The van der Waals surface area contributed by atoms with Crippen LogP contribution in [0.3, 0.4) is 0 Å². The number of hydrogen-bond acceptors (Lipinski definition) is 4. The van der Waals surface area contributed by atoms with E-state index in [1.165, 1.54) is 0 Å². The van der Waals surface area contributed by atoms with Gasteiger partial charge in [0.05, 0.1) is 5.69 Å². The van der Waals surface area contributed by atoms with Gasteiger partial charge in [0.25, 0.3) is 0 Å². The number of carbonyl (C=O) groups is 1. The van der Waals surface area contributed by atoms with Crippen molar-refractivity contribution in [3.05, 3.63) is 15.3 Å². The Kier molecular flexibility index (Phi) is 3.45. The van der Waals surface area contributed by atoms with E-state index in [1.54, 1.807) is 22.6 Å². The molecule has 1 aromatic rings. The van der Waals surface area contributed by atoms with Crippen molar-refractivity contribution >= 4 is 34.2 Å². The molecule has 0 aliphatic heterocycles. The molecule has 0 aliphatic rings. The molecule has 0 radical (unpaired) electrons. The number of hydrogen-bond donors (Lipinski definition) is 2. The summed E-state index contributed by atoms with van der Waals surface area (Å²) < 4.78 is 39.4. The molecule has 16 heavy (non-hydrogen) atoms. The number of aromatic carboxylic acids is 1. The Morgan fingerprint density at radius 3 is 2.56 bits per heavy atom. The molecule has 0 aromatic carbocycles. The lowest BCUT2D eigenvalue weighted by Gasteiger charge is -2.11. The zero-order valence-electron chi connectivity index (χ0n) is 7.38. The minimum Gasteiger partial charge on any atom is -0.477 e. The highest BCUT2D eigenvalue weighted by Crippen LogP contribution is 2.29. The number of nitrogen functional groups attached to an aromatic ring is 1. The first-order valence-electron chi connectivity index (χ1n) is 3.66. The SMILES string of the molecule is Nc1cc(I)nc(OC(F)(F)F)c1C(=O)O. The molecule has 0 saturated carbocycles. The highest BCUT2D eigenvalue weighted by atomic mass is 127. The molecule has 0 aliphatic carbocycles. The maximum atomic E-state index is 11.9. The normalized spacial score (nSPS) is 11.2. The Morgan fingerprint density at radius 2 is 2.12 bits per heavy atom. The van der Waals surface area contributed by atoms with Crippen LogP contribution in [0.15, 0.2) is 6.07 Å². The first-order valence-corrected chi connectivity index (χ1v) is 4.73. The molecular weight excluding hydrogens is 344 g/mol. The lowest BCUT2D eigenvalue weighted by Crippen LogP contribution is -2.21. The molecule has 0 unspecified atom stereocenters. The third-order valence-corrected chi connectivity index (χ3v) is 1.96. The maximum absolute atomic E-state index is 11.9. The second-order valence-electron chi connectivity index (χ2n) is 2.57. The number of alkyl halides is 3. The first-order chi connectivity index (χ1) is 7.20. The van der Waals surface area contributed by atoms with Gasteiger partial charge in [0, 0.05) is 0 Å². The molecule has 0 fully saturated rings. The number of anilines is 1. The average molecular weight is 348 g/mol. The van der Waals surface area contributed by atoms with Crippen LogP contribution in [-0.4, -0.2) is 22.4 Å². The van der Waals surface area contributed by atoms with Crippen molar-refractivity contribution in [2.45, 2.75) is 6.36 Å². The Balaban J connectivity index is 3.30. The van der Waals surface area contributed by atoms with E-state index in [9.17, 15) is 18.0 Å². The zero-order valence-corrected chi connectivity index (χ0v) is 9.53. The fourth-order valence-corrected chi connectivity index (χ4v) is 1.46. The van der Waals surface area contributed by atoms with Crippen molar-refractivity contribution in [2.24, 2.45) is 0 Å². The van der Waals surface area contributed by atoms with Crippen LogP contribution in [0.25, 0.3) is 0 Å². The number of pyridine rings is 1. The second kappa shape index (κ2) is 4.31. The van der Waals surface area contributed by atoms with Gasteiger partial charge in [0.2, 0.25) is 5.88 Å². The zero-order chi connectivity index (χ0) is 12.5. The van der Waals surface area contributed by atoms with Crippen molar-refractivity contribution in [3.8, 4) is 5.88 Å². The summed E-state index contributed by atoms with van der Waals surface area (Å²) in [6.07, 6.45) is -5.02. The molecule has 3 N–H and O–H groups in total. The van der Waals surface area contributed by atoms with E-state index in [0.29, 0.717) is 0 Å². The van der Waals surface area contributed by atoms with Crippen LogP contribution in [-0.2, 0) is 0 Å². The third-order valence-electron chi connectivity index (χ3n) is 1.41. The van der Waals surface area contributed by atoms with Crippen LogP contribution >= 0.6 is 22.6 Å². The van der Waals surface area contributed by atoms with E-state index in [1.807, 2.05) is 0 Å². The van der Waals surface area contributed by atoms with Crippen molar-refractivity contribution < 1.29 is 27.8 Å². The number of carboxylic acids is 1. The fourth-order valence-electron chi connectivity index (χ4n) is 0.908. The number of nitrogens with two attached hydrogens (primary N) is 1. The molecule has 9 heteroatoms. The smallest absolute Gasteiger partial charge is 0.477 e. The molecule has 0 saturated heterocycles. The topological polar surface area (TPSA) is 85.4 Å². The van der Waals surface area contributed by atoms with Gasteiger partial charge in [0.1, 0.15) is 9.26 Å². The van der Waals surface area contributed by atoms with E-state index >= 15 is 0 Å². The van der Waals surface area contributed by atoms with Gasteiger partial charge in [-0.25, -0.2) is 9.78 Å². The Bertz CT molecular complexity index is 436. The maximum Gasteiger partial charge on any atom is 0.574 e. The lowest BCUT2D eigenvalue weighted by atomic mass is 10.2. The van der Waals surface area contributed by atoms with Gasteiger partial charge >= 0.3 is 12.3 Å². The highest BCUT2D eigenvalue weighted by Gasteiger charge is 2.34. The van der Waals surface area contributed by atoms with E-state index in [4.69, 9.17) is 10.8 Å². The van der Waals surface area contributed by atoms with E-state index in [-0.39, 0.29) is 9.39 Å². The second-order valence-corrected chi connectivity index (χ2v) is 3.67. The number of carboxylic acid groups (broad SMARTS) is 1. The van der Waals surface area contributed by atoms with Crippen LogP contribution in [0.5, 0.6) is 5.88 Å². The highest BCUT2D eigenvalue weighted by molar-refractivity contribution is 14.1. The number of rotatable bonds is 2. The molecular formula is C7H4F3IN2O3. The summed E-state index contributed by atoms with van der Waals surface area (Å²) in [7, 11) is 0. The molecule has 1 rings (SSSR count). The largest absolute Gasteiger partial charge is 0.574 e. The molecule has 0 spiro atoms. The first kappa shape index (κ1) is 12.8. The van der Waals surface area contributed by atoms with Gasteiger partial charge in [-0.05, 0) is 28.7 Å². The Labute approximate surface area is 101 Å². The number of ether oxygens (including phenoxy) is 1. The quantitative estimate of drug-likeness (QED) is 0.630. The van der Waals surface area contributed by atoms with Crippen LogP contribution < -0.4 is 10.5 Å². The summed E-state index contributed by atoms with van der Waals surface area (Å²) >= 11 is 1.59.